The van der Waals surface area contributed by atoms with Crippen molar-refractivity contribution in [3.8, 4) is 0 Å². The fraction of sp³-hybridized carbons (Fsp3) is 0.474. The van der Waals surface area contributed by atoms with Gasteiger partial charge in [0.25, 0.3) is 0 Å². The first-order chi connectivity index (χ1) is 11.5. The first-order valence-electron chi connectivity index (χ1n) is 8.51. The lowest BCUT2D eigenvalue weighted by atomic mass is 10.0. The molecule has 5 heteroatoms. The van der Waals surface area contributed by atoms with E-state index in [0.29, 0.717) is 12.5 Å². The van der Waals surface area contributed by atoms with Crippen molar-refractivity contribution >= 4 is 17.3 Å². The summed E-state index contributed by atoms with van der Waals surface area (Å²) in [6.45, 7) is 12.9. The van der Waals surface area contributed by atoms with Crippen LogP contribution in [0.3, 0.4) is 0 Å². The van der Waals surface area contributed by atoms with Crippen molar-refractivity contribution in [2.75, 3.05) is 13.1 Å². The summed E-state index contributed by atoms with van der Waals surface area (Å²) in [4.78, 5) is 10.5. The zero-order valence-electron chi connectivity index (χ0n) is 15.3. The highest BCUT2D eigenvalue weighted by Gasteiger charge is 2.07. The van der Waals surface area contributed by atoms with Gasteiger partial charge < -0.3 is 10.6 Å². The molecule has 1 aromatic heterocycles. The highest BCUT2D eigenvalue weighted by Crippen LogP contribution is 2.17. The van der Waals surface area contributed by atoms with E-state index in [4.69, 9.17) is 0 Å². The second kappa shape index (κ2) is 8.83. The molecule has 0 aliphatic rings. The van der Waals surface area contributed by atoms with Crippen molar-refractivity contribution in [2.24, 2.45) is 4.99 Å². The Morgan fingerprint density at radius 1 is 1.17 bits per heavy atom. The Kier molecular flexibility index (Phi) is 6.79. The van der Waals surface area contributed by atoms with Crippen LogP contribution in [-0.4, -0.2) is 24.0 Å². The molecule has 0 saturated carbocycles. The number of nitrogens with zero attached hydrogens (tertiary/aromatic N) is 2. The molecule has 1 aromatic carbocycles. The molecule has 0 radical (unpaired) electrons. The molecule has 24 heavy (non-hydrogen) atoms. The van der Waals surface area contributed by atoms with E-state index in [1.807, 2.05) is 6.92 Å². The maximum Gasteiger partial charge on any atom is 0.191 e. The van der Waals surface area contributed by atoms with Crippen molar-refractivity contribution in [1.82, 2.24) is 15.6 Å². The summed E-state index contributed by atoms with van der Waals surface area (Å²) < 4.78 is 0. The predicted octanol–water partition coefficient (Wildman–Crippen LogP) is 3.93. The van der Waals surface area contributed by atoms with E-state index in [-0.39, 0.29) is 0 Å². The molecule has 0 aliphatic heterocycles. The van der Waals surface area contributed by atoms with E-state index in [1.165, 1.54) is 16.0 Å². The van der Waals surface area contributed by atoms with Crippen LogP contribution < -0.4 is 10.6 Å². The van der Waals surface area contributed by atoms with E-state index < -0.39 is 0 Å². The van der Waals surface area contributed by atoms with Gasteiger partial charge in [-0.2, -0.15) is 0 Å². The van der Waals surface area contributed by atoms with Crippen LogP contribution in [0.15, 0.2) is 29.3 Å². The molecule has 1 atom stereocenters. The second-order valence-electron chi connectivity index (χ2n) is 6.14. The third kappa shape index (κ3) is 5.34. The summed E-state index contributed by atoms with van der Waals surface area (Å²) in [7, 11) is 0. The Morgan fingerprint density at radius 3 is 2.46 bits per heavy atom. The summed E-state index contributed by atoms with van der Waals surface area (Å²) in [6, 6.07) is 8.73. The van der Waals surface area contributed by atoms with Crippen LogP contribution in [0.5, 0.6) is 0 Å². The zero-order chi connectivity index (χ0) is 17.5. The van der Waals surface area contributed by atoms with Crippen molar-refractivity contribution in [2.45, 2.75) is 47.1 Å². The highest BCUT2D eigenvalue weighted by molar-refractivity contribution is 7.11. The number of aromatic nitrogens is 1. The third-order valence-electron chi connectivity index (χ3n) is 4.01. The number of guanidine groups is 1. The molecule has 2 rings (SSSR count). The van der Waals surface area contributed by atoms with Crippen LogP contribution in [0.25, 0.3) is 0 Å². The molecule has 0 saturated heterocycles. The van der Waals surface area contributed by atoms with E-state index in [0.717, 1.165) is 29.8 Å². The lowest BCUT2D eigenvalue weighted by Gasteiger charge is -2.16. The zero-order valence-corrected chi connectivity index (χ0v) is 16.1. The lowest BCUT2D eigenvalue weighted by Crippen LogP contribution is -2.39. The molecule has 1 unspecified atom stereocenters. The van der Waals surface area contributed by atoms with Gasteiger partial charge in [-0.1, -0.05) is 36.8 Å². The molecule has 0 bridgehead atoms. The third-order valence-corrected chi connectivity index (χ3v) is 5.07. The van der Waals surface area contributed by atoms with Gasteiger partial charge in [0.15, 0.2) is 5.96 Å². The quantitative estimate of drug-likeness (QED) is 0.617. The summed E-state index contributed by atoms with van der Waals surface area (Å²) >= 11 is 1.72. The van der Waals surface area contributed by atoms with Gasteiger partial charge in [-0.05, 0) is 39.2 Å². The number of aliphatic imine (C=N–C) groups is 1. The van der Waals surface area contributed by atoms with Gasteiger partial charge >= 0.3 is 0 Å². The Bertz CT molecular complexity index is 654. The minimum atomic E-state index is 0.429. The van der Waals surface area contributed by atoms with Crippen LogP contribution in [0.1, 0.15) is 46.5 Å². The summed E-state index contributed by atoms with van der Waals surface area (Å²) in [5.41, 5.74) is 3.74. The van der Waals surface area contributed by atoms with Gasteiger partial charge in [-0.3, -0.25) is 0 Å². The van der Waals surface area contributed by atoms with E-state index in [1.54, 1.807) is 11.3 Å². The minimum absolute atomic E-state index is 0.429. The van der Waals surface area contributed by atoms with Crippen molar-refractivity contribution in [3.63, 3.8) is 0 Å². The fourth-order valence-corrected chi connectivity index (χ4v) is 3.22. The average Bonchev–Trinajstić information content (AvgIpc) is 2.88. The van der Waals surface area contributed by atoms with Crippen molar-refractivity contribution < 1.29 is 0 Å². The van der Waals surface area contributed by atoms with Gasteiger partial charge in [-0.15, -0.1) is 11.3 Å². The number of hydrogen-bond donors (Lipinski definition) is 2. The molecule has 4 nitrogen and oxygen atoms in total. The summed E-state index contributed by atoms with van der Waals surface area (Å²) in [5, 5.41) is 7.81. The number of hydrogen-bond acceptors (Lipinski definition) is 3. The van der Waals surface area contributed by atoms with Gasteiger partial charge in [-0.25, -0.2) is 9.98 Å². The molecule has 1 heterocycles. The highest BCUT2D eigenvalue weighted by atomic mass is 32.1. The fourth-order valence-electron chi connectivity index (χ4n) is 2.36. The monoisotopic (exact) mass is 344 g/mol. The number of rotatable bonds is 6. The van der Waals surface area contributed by atoms with E-state index >= 15 is 0 Å². The molecule has 0 aliphatic carbocycles. The standard InChI is InChI=1S/C19H28N4S/c1-6-20-19(22-12-18-23-15(4)16(5)24-18)21-11-14(3)17-9-7-13(2)8-10-17/h7-10,14H,6,11-12H2,1-5H3,(H2,20,21,22). The number of nitrogens with one attached hydrogen (secondary N) is 2. The topological polar surface area (TPSA) is 49.3 Å². The van der Waals surface area contributed by atoms with Crippen LogP contribution in [0.2, 0.25) is 0 Å². The average molecular weight is 345 g/mol. The molecule has 0 fully saturated rings. The van der Waals surface area contributed by atoms with Crippen LogP contribution in [0, 0.1) is 20.8 Å². The number of aryl methyl sites for hydroxylation is 3. The predicted molar refractivity (Wildman–Crippen MR) is 104 cm³/mol. The van der Waals surface area contributed by atoms with Crippen molar-refractivity contribution in [3.05, 3.63) is 51.0 Å². The minimum Gasteiger partial charge on any atom is -0.357 e. The summed E-state index contributed by atoms with van der Waals surface area (Å²) in [5.74, 6) is 1.28. The molecule has 0 spiro atoms. The lowest BCUT2D eigenvalue weighted by molar-refractivity contribution is 0.699. The largest absolute Gasteiger partial charge is 0.357 e. The molecular weight excluding hydrogens is 316 g/mol. The SMILES string of the molecule is CCNC(=NCc1nc(C)c(C)s1)NCC(C)c1ccc(C)cc1. The Hall–Kier alpha value is -1.88. The first-order valence-corrected chi connectivity index (χ1v) is 9.33. The Labute approximate surface area is 149 Å². The summed E-state index contributed by atoms with van der Waals surface area (Å²) in [6.07, 6.45) is 0. The van der Waals surface area contributed by atoms with Crippen LogP contribution in [-0.2, 0) is 6.54 Å². The first kappa shape index (κ1) is 18.5. The second-order valence-corrected chi connectivity index (χ2v) is 7.42. The smallest absolute Gasteiger partial charge is 0.191 e. The van der Waals surface area contributed by atoms with Gasteiger partial charge in [0, 0.05) is 18.0 Å². The van der Waals surface area contributed by atoms with E-state index in [2.05, 4.69) is 72.6 Å². The van der Waals surface area contributed by atoms with Gasteiger partial charge in [0.05, 0.1) is 12.2 Å². The van der Waals surface area contributed by atoms with E-state index in [9.17, 15) is 0 Å². The maximum atomic E-state index is 4.66. The molecule has 2 aromatic rings. The molecular formula is C19H28N4S. The molecule has 2 N–H and O–H groups in total. The van der Waals surface area contributed by atoms with Gasteiger partial charge in [0.1, 0.15) is 5.01 Å². The van der Waals surface area contributed by atoms with Gasteiger partial charge in [0.2, 0.25) is 0 Å². The van der Waals surface area contributed by atoms with Crippen molar-refractivity contribution in [1.29, 1.82) is 0 Å². The Balaban J connectivity index is 1.94. The number of thiazole rings is 1. The van der Waals surface area contributed by atoms with Crippen LogP contribution in [0.4, 0.5) is 0 Å². The van der Waals surface area contributed by atoms with Crippen LogP contribution >= 0.6 is 11.3 Å². The molecule has 0 amide bonds. The molecule has 130 valence electrons. The number of benzene rings is 1. The Morgan fingerprint density at radius 2 is 1.88 bits per heavy atom. The maximum absolute atomic E-state index is 4.66. The normalized spacial score (nSPS) is 13.0.